The second-order valence-electron chi connectivity index (χ2n) is 5.80. The first-order chi connectivity index (χ1) is 10.6. The predicted octanol–water partition coefficient (Wildman–Crippen LogP) is 2.73. The third-order valence-corrected chi connectivity index (χ3v) is 6.15. The van der Waals surface area contributed by atoms with Crippen molar-refractivity contribution in [2.24, 2.45) is 5.41 Å². The summed E-state index contributed by atoms with van der Waals surface area (Å²) in [5, 5.41) is 8.98. The highest BCUT2D eigenvalue weighted by Gasteiger charge is 2.26. The van der Waals surface area contributed by atoms with Crippen LogP contribution < -0.4 is 4.72 Å². The molecule has 0 fully saturated rings. The van der Waals surface area contributed by atoms with Gasteiger partial charge in [0.15, 0.2) is 0 Å². The van der Waals surface area contributed by atoms with Crippen molar-refractivity contribution < 1.29 is 22.7 Å². The summed E-state index contributed by atoms with van der Waals surface area (Å²) in [5.41, 5.74) is -0.755. The lowest BCUT2D eigenvalue weighted by atomic mass is 9.97. The number of sulfonamides is 1. The second kappa shape index (κ2) is 8.65. The molecular formula is C15H22FNO4S2. The SMILES string of the molecule is CC(C)(CSCCCCNS(=O)(=O)c1ccc(F)cc1)C(=O)O. The molecular weight excluding hydrogens is 341 g/mol. The lowest BCUT2D eigenvalue weighted by Crippen LogP contribution is -2.26. The first-order valence-electron chi connectivity index (χ1n) is 7.21. The Hall–Kier alpha value is -1.12. The summed E-state index contributed by atoms with van der Waals surface area (Å²) in [4.78, 5) is 11.0. The number of benzene rings is 1. The van der Waals surface area contributed by atoms with E-state index >= 15 is 0 Å². The Bertz CT molecular complexity index is 615. The summed E-state index contributed by atoms with van der Waals surface area (Å²) in [6, 6.07) is 4.66. The lowest BCUT2D eigenvalue weighted by molar-refractivity contribution is -0.145. The van der Waals surface area contributed by atoms with E-state index in [1.165, 1.54) is 12.1 Å². The maximum Gasteiger partial charge on any atom is 0.309 e. The summed E-state index contributed by atoms with van der Waals surface area (Å²) in [6.45, 7) is 3.65. The first kappa shape index (κ1) is 19.9. The van der Waals surface area contributed by atoms with Gasteiger partial charge in [-0.2, -0.15) is 11.8 Å². The van der Waals surface area contributed by atoms with Gasteiger partial charge in [-0.15, -0.1) is 0 Å². The Morgan fingerprint density at radius 2 is 1.87 bits per heavy atom. The predicted molar refractivity (Wildman–Crippen MR) is 89.6 cm³/mol. The molecule has 0 aliphatic rings. The number of halogens is 1. The van der Waals surface area contributed by atoms with Gasteiger partial charge in [0.1, 0.15) is 5.82 Å². The second-order valence-corrected chi connectivity index (χ2v) is 8.67. The number of thioether (sulfide) groups is 1. The van der Waals surface area contributed by atoms with Crippen LogP contribution in [0.1, 0.15) is 26.7 Å². The minimum atomic E-state index is -3.61. The van der Waals surface area contributed by atoms with E-state index in [4.69, 9.17) is 5.11 Å². The molecule has 0 amide bonds. The zero-order chi connectivity index (χ0) is 17.5. The van der Waals surface area contributed by atoms with Crippen LogP contribution in [-0.4, -0.2) is 37.5 Å². The summed E-state index contributed by atoms with van der Waals surface area (Å²) >= 11 is 1.54. The van der Waals surface area contributed by atoms with Gasteiger partial charge in [-0.25, -0.2) is 17.5 Å². The van der Waals surface area contributed by atoms with Crippen LogP contribution in [0, 0.1) is 11.2 Å². The van der Waals surface area contributed by atoms with Gasteiger partial charge in [0.25, 0.3) is 0 Å². The van der Waals surface area contributed by atoms with E-state index in [1.54, 1.807) is 25.6 Å². The number of carboxylic acid groups (broad SMARTS) is 1. The Morgan fingerprint density at radius 3 is 2.43 bits per heavy atom. The average Bonchev–Trinajstić information content (AvgIpc) is 2.46. The number of rotatable bonds is 10. The Labute approximate surface area is 140 Å². The van der Waals surface area contributed by atoms with E-state index in [2.05, 4.69) is 4.72 Å². The average molecular weight is 363 g/mol. The zero-order valence-corrected chi connectivity index (χ0v) is 14.8. The number of carbonyl (C=O) groups is 1. The van der Waals surface area contributed by atoms with Crippen molar-refractivity contribution >= 4 is 27.8 Å². The molecule has 0 saturated heterocycles. The molecule has 0 saturated carbocycles. The van der Waals surface area contributed by atoms with Crippen molar-refractivity contribution in [2.45, 2.75) is 31.6 Å². The van der Waals surface area contributed by atoms with Crippen LogP contribution in [0.2, 0.25) is 0 Å². The number of unbranched alkanes of at least 4 members (excludes halogenated alkanes) is 1. The smallest absolute Gasteiger partial charge is 0.309 e. The van der Waals surface area contributed by atoms with Crippen LogP contribution in [0.25, 0.3) is 0 Å². The van der Waals surface area contributed by atoms with E-state index in [-0.39, 0.29) is 4.90 Å². The van der Waals surface area contributed by atoms with Crippen LogP contribution in [0.4, 0.5) is 4.39 Å². The van der Waals surface area contributed by atoms with Gasteiger partial charge < -0.3 is 5.11 Å². The maximum absolute atomic E-state index is 12.8. The summed E-state index contributed by atoms with van der Waals surface area (Å²) in [7, 11) is -3.61. The monoisotopic (exact) mass is 363 g/mol. The van der Waals surface area contributed by atoms with Gasteiger partial charge >= 0.3 is 5.97 Å². The van der Waals surface area contributed by atoms with Crippen LogP contribution in [0.15, 0.2) is 29.2 Å². The molecule has 130 valence electrons. The molecule has 0 aliphatic heterocycles. The van der Waals surface area contributed by atoms with Crippen molar-refractivity contribution in [1.82, 2.24) is 4.72 Å². The van der Waals surface area contributed by atoms with Crippen molar-refractivity contribution in [3.05, 3.63) is 30.1 Å². The molecule has 0 aromatic heterocycles. The topological polar surface area (TPSA) is 83.5 Å². The van der Waals surface area contributed by atoms with Crippen LogP contribution in [0.5, 0.6) is 0 Å². The summed E-state index contributed by atoms with van der Waals surface area (Å²) < 4.78 is 39.1. The molecule has 0 aliphatic carbocycles. The van der Waals surface area contributed by atoms with E-state index in [1.807, 2.05) is 0 Å². The van der Waals surface area contributed by atoms with E-state index in [0.29, 0.717) is 18.7 Å². The molecule has 1 aromatic rings. The standard InChI is InChI=1S/C15H22FNO4S2/c1-15(2,14(18)19)11-22-10-4-3-9-17-23(20,21)13-7-5-12(16)6-8-13/h5-8,17H,3-4,9-11H2,1-2H3,(H,18,19). The number of hydrogen-bond acceptors (Lipinski definition) is 4. The van der Waals surface area contributed by atoms with Crippen molar-refractivity contribution in [3.8, 4) is 0 Å². The van der Waals surface area contributed by atoms with E-state index in [9.17, 15) is 17.6 Å². The van der Waals surface area contributed by atoms with Gasteiger partial charge in [-0.3, -0.25) is 4.79 Å². The maximum atomic E-state index is 12.8. The molecule has 0 unspecified atom stereocenters. The minimum absolute atomic E-state index is 0.0384. The van der Waals surface area contributed by atoms with E-state index in [0.717, 1.165) is 24.3 Å². The molecule has 1 aromatic carbocycles. The van der Waals surface area contributed by atoms with Crippen molar-refractivity contribution in [3.63, 3.8) is 0 Å². The Balaban J connectivity index is 2.25. The molecule has 0 atom stereocenters. The van der Waals surface area contributed by atoms with Gasteiger partial charge in [-0.05, 0) is 56.7 Å². The molecule has 1 rings (SSSR count). The molecule has 0 bridgehead atoms. The van der Waals surface area contributed by atoms with Crippen LogP contribution >= 0.6 is 11.8 Å². The highest BCUT2D eigenvalue weighted by Crippen LogP contribution is 2.22. The fraction of sp³-hybridized carbons (Fsp3) is 0.533. The lowest BCUT2D eigenvalue weighted by Gasteiger charge is -2.18. The number of aliphatic carboxylic acids is 1. The summed E-state index contributed by atoms with van der Waals surface area (Å²) in [6.07, 6.45) is 1.44. The van der Waals surface area contributed by atoms with Crippen LogP contribution in [0.3, 0.4) is 0 Å². The highest BCUT2D eigenvalue weighted by atomic mass is 32.2. The molecule has 0 radical (unpaired) electrons. The zero-order valence-electron chi connectivity index (χ0n) is 13.2. The molecule has 0 heterocycles. The van der Waals surface area contributed by atoms with E-state index < -0.39 is 27.2 Å². The highest BCUT2D eigenvalue weighted by molar-refractivity contribution is 7.99. The third-order valence-electron chi connectivity index (χ3n) is 3.17. The first-order valence-corrected chi connectivity index (χ1v) is 9.85. The van der Waals surface area contributed by atoms with Gasteiger partial charge in [0.05, 0.1) is 10.3 Å². The Morgan fingerprint density at radius 1 is 1.26 bits per heavy atom. The number of nitrogens with one attached hydrogen (secondary N) is 1. The van der Waals surface area contributed by atoms with Crippen LogP contribution in [-0.2, 0) is 14.8 Å². The molecule has 5 nitrogen and oxygen atoms in total. The Kier molecular flexibility index (Phi) is 7.50. The number of hydrogen-bond donors (Lipinski definition) is 2. The minimum Gasteiger partial charge on any atom is -0.481 e. The molecule has 23 heavy (non-hydrogen) atoms. The normalized spacial score (nSPS) is 12.3. The van der Waals surface area contributed by atoms with Gasteiger partial charge in [0, 0.05) is 12.3 Å². The largest absolute Gasteiger partial charge is 0.481 e. The summed E-state index contributed by atoms with van der Waals surface area (Å²) in [5.74, 6) is -0.0131. The van der Waals surface area contributed by atoms with Crippen molar-refractivity contribution in [1.29, 1.82) is 0 Å². The number of carboxylic acids is 1. The fourth-order valence-electron chi connectivity index (χ4n) is 1.62. The fourth-order valence-corrected chi connectivity index (χ4v) is 3.88. The molecule has 8 heteroatoms. The molecule has 2 N–H and O–H groups in total. The van der Waals surface area contributed by atoms with Gasteiger partial charge in [-0.1, -0.05) is 0 Å². The quantitative estimate of drug-likeness (QED) is 0.625. The molecule has 0 spiro atoms. The third kappa shape index (κ3) is 6.88. The van der Waals surface area contributed by atoms with Crippen molar-refractivity contribution in [2.75, 3.05) is 18.1 Å². The van der Waals surface area contributed by atoms with Gasteiger partial charge in [0.2, 0.25) is 10.0 Å².